The van der Waals surface area contributed by atoms with Crippen LogP contribution < -0.4 is 11.1 Å². The van der Waals surface area contributed by atoms with Crippen LogP contribution in [-0.2, 0) is 10.4 Å². The molecule has 1 aromatic carbocycles. The van der Waals surface area contributed by atoms with Gasteiger partial charge in [-0.2, -0.15) is 0 Å². The fourth-order valence-electron chi connectivity index (χ4n) is 2.04. The summed E-state index contributed by atoms with van der Waals surface area (Å²) in [7, 11) is 0. The van der Waals surface area contributed by atoms with Crippen molar-refractivity contribution in [2.45, 2.75) is 24.3 Å². The Balaban J connectivity index is 2.33. The number of anilines is 1. The van der Waals surface area contributed by atoms with Crippen molar-refractivity contribution in [2.75, 3.05) is 5.32 Å². The SMILES string of the molecule is N[C@@H](CC1(O)c2ccccc2NC1O)C(=O)O. The van der Waals surface area contributed by atoms with Crippen LogP contribution >= 0.6 is 0 Å². The van der Waals surface area contributed by atoms with Crippen LogP contribution in [0.25, 0.3) is 0 Å². The van der Waals surface area contributed by atoms with E-state index >= 15 is 0 Å². The summed E-state index contributed by atoms with van der Waals surface area (Å²) in [5.41, 5.74) is 4.78. The Morgan fingerprint density at radius 3 is 2.82 bits per heavy atom. The third kappa shape index (κ3) is 1.86. The second-order valence-electron chi connectivity index (χ2n) is 4.17. The van der Waals surface area contributed by atoms with E-state index in [0.717, 1.165) is 0 Å². The van der Waals surface area contributed by atoms with Gasteiger partial charge in [0.1, 0.15) is 11.6 Å². The number of aliphatic hydroxyl groups excluding tert-OH is 1. The number of hydrogen-bond acceptors (Lipinski definition) is 5. The van der Waals surface area contributed by atoms with Crippen molar-refractivity contribution >= 4 is 11.7 Å². The molecule has 1 heterocycles. The molecule has 6 N–H and O–H groups in total. The maximum atomic E-state index is 10.7. The van der Waals surface area contributed by atoms with E-state index in [1.54, 1.807) is 24.3 Å². The smallest absolute Gasteiger partial charge is 0.320 e. The van der Waals surface area contributed by atoms with Crippen LogP contribution in [-0.4, -0.2) is 33.6 Å². The number of benzene rings is 1. The van der Waals surface area contributed by atoms with Gasteiger partial charge in [-0.05, 0) is 6.07 Å². The Hall–Kier alpha value is -1.63. The maximum Gasteiger partial charge on any atom is 0.320 e. The predicted octanol–water partition coefficient (Wildman–Crippen LogP) is -0.580. The van der Waals surface area contributed by atoms with Gasteiger partial charge in [0.15, 0.2) is 6.23 Å². The maximum absolute atomic E-state index is 10.7. The molecule has 1 aliphatic heterocycles. The van der Waals surface area contributed by atoms with E-state index in [-0.39, 0.29) is 6.42 Å². The van der Waals surface area contributed by atoms with Gasteiger partial charge in [-0.1, -0.05) is 18.2 Å². The first kappa shape index (κ1) is 11.8. The first-order valence-corrected chi connectivity index (χ1v) is 5.20. The molecule has 0 spiro atoms. The molecular formula is C11H14N2O4. The van der Waals surface area contributed by atoms with Gasteiger partial charge >= 0.3 is 5.97 Å². The van der Waals surface area contributed by atoms with Crippen molar-refractivity contribution in [3.8, 4) is 0 Å². The summed E-state index contributed by atoms with van der Waals surface area (Å²) in [6.45, 7) is 0. The lowest BCUT2D eigenvalue weighted by Gasteiger charge is -2.28. The second-order valence-corrected chi connectivity index (χ2v) is 4.17. The topological polar surface area (TPSA) is 116 Å². The Morgan fingerprint density at radius 2 is 2.18 bits per heavy atom. The van der Waals surface area contributed by atoms with Crippen molar-refractivity contribution in [3.63, 3.8) is 0 Å². The van der Waals surface area contributed by atoms with Crippen LogP contribution in [0.4, 0.5) is 5.69 Å². The monoisotopic (exact) mass is 238 g/mol. The Morgan fingerprint density at radius 1 is 1.53 bits per heavy atom. The Labute approximate surface area is 97.7 Å². The largest absolute Gasteiger partial charge is 0.480 e. The zero-order chi connectivity index (χ0) is 12.6. The van der Waals surface area contributed by atoms with E-state index in [9.17, 15) is 15.0 Å². The number of carbonyl (C=O) groups is 1. The molecule has 0 radical (unpaired) electrons. The molecule has 2 unspecified atom stereocenters. The van der Waals surface area contributed by atoms with Crippen molar-refractivity contribution in [1.29, 1.82) is 0 Å². The highest BCUT2D eigenvalue weighted by Crippen LogP contribution is 2.40. The number of aliphatic carboxylic acids is 1. The molecule has 0 saturated heterocycles. The van der Waals surface area contributed by atoms with Crippen LogP contribution in [0.1, 0.15) is 12.0 Å². The molecule has 0 aromatic heterocycles. The van der Waals surface area contributed by atoms with Gasteiger partial charge in [-0.3, -0.25) is 4.79 Å². The minimum atomic E-state index is -1.67. The van der Waals surface area contributed by atoms with Gasteiger partial charge in [0.05, 0.1) is 0 Å². The summed E-state index contributed by atoms with van der Waals surface area (Å²) < 4.78 is 0. The van der Waals surface area contributed by atoms with Gasteiger partial charge < -0.3 is 26.4 Å². The zero-order valence-electron chi connectivity index (χ0n) is 9.00. The van der Waals surface area contributed by atoms with Gasteiger partial charge in [0.25, 0.3) is 0 Å². The van der Waals surface area contributed by atoms with E-state index in [1.807, 2.05) is 0 Å². The number of carboxylic acid groups (broad SMARTS) is 1. The van der Waals surface area contributed by atoms with Crippen molar-refractivity contribution in [3.05, 3.63) is 29.8 Å². The highest BCUT2D eigenvalue weighted by molar-refractivity contribution is 5.73. The van der Waals surface area contributed by atoms with E-state index < -0.39 is 23.8 Å². The van der Waals surface area contributed by atoms with Gasteiger partial charge in [-0.25, -0.2) is 0 Å². The van der Waals surface area contributed by atoms with E-state index in [0.29, 0.717) is 11.3 Å². The lowest BCUT2D eigenvalue weighted by atomic mass is 9.88. The molecular weight excluding hydrogens is 224 g/mol. The van der Waals surface area contributed by atoms with Crippen molar-refractivity contribution < 1.29 is 20.1 Å². The number of hydrogen-bond donors (Lipinski definition) is 5. The molecule has 3 atom stereocenters. The number of para-hydroxylation sites is 1. The van der Waals surface area contributed by atoms with E-state index in [4.69, 9.17) is 10.8 Å². The van der Waals surface area contributed by atoms with Crippen LogP contribution in [0.15, 0.2) is 24.3 Å². The number of carboxylic acids is 1. The third-order valence-electron chi connectivity index (χ3n) is 2.99. The van der Waals surface area contributed by atoms with Crippen LogP contribution in [0.2, 0.25) is 0 Å². The summed E-state index contributed by atoms with van der Waals surface area (Å²) in [6, 6.07) is 5.55. The molecule has 0 fully saturated rings. The molecule has 0 aliphatic carbocycles. The minimum absolute atomic E-state index is 0.256. The Bertz CT molecular complexity index is 451. The molecule has 1 aromatic rings. The fraction of sp³-hybridized carbons (Fsp3) is 0.364. The highest BCUT2D eigenvalue weighted by Gasteiger charge is 2.46. The molecule has 17 heavy (non-hydrogen) atoms. The number of rotatable bonds is 3. The molecule has 0 amide bonds. The number of aliphatic hydroxyl groups is 2. The molecule has 92 valence electrons. The normalized spacial score (nSPS) is 28.3. The zero-order valence-corrected chi connectivity index (χ0v) is 9.00. The van der Waals surface area contributed by atoms with Gasteiger partial charge in [0, 0.05) is 17.7 Å². The average Bonchev–Trinajstić information content (AvgIpc) is 2.52. The standard InChI is InChI=1S/C11H14N2O4/c12-7(9(14)15)5-11(17)6-3-1-2-4-8(6)13-10(11)16/h1-4,7,10,13,16-17H,5,12H2,(H,14,15)/t7-,10?,11?/m0/s1. The summed E-state index contributed by atoms with van der Waals surface area (Å²) in [5.74, 6) is -1.21. The minimum Gasteiger partial charge on any atom is -0.480 e. The summed E-state index contributed by atoms with van der Waals surface area (Å²) in [5, 5.41) is 31.6. The highest BCUT2D eigenvalue weighted by atomic mass is 16.4. The average molecular weight is 238 g/mol. The van der Waals surface area contributed by atoms with Crippen molar-refractivity contribution in [1.82, 2.24) is 0 Å². The van der Waals surface area contributed by atoms with Crippen molar-refractivity contribution in [2.24, 2.45) is 5.73 Å². The van der Waals surface area contributed by atoms with Crippen LogP contribution in [0.5, 0.6) is 0 Å². The molecule has 0 saturated carbocycles. The van der Waals surface area contributed by atoms with Crippen LogP contribution in [0.3, 0.4) is 0 Å². The Kier molecular flexibility index (Phi) is 2.78. The number of nitrogens with one attached hydrogen (secondary N) is 1. The third-order valence-corrected chi connectivity index (χ3v) is 2.99. The first-order chi connectivity index (χ1) is 7.95. The number of nitrogens with two attached hydrogens (primary N) is 1. The number of fused-ring (bicyclic) bond motifs is 1. The van der Waals surface area contributed by atoms with E-state index in [1.165, 1.54) is 0 Å². The molecule has 1 aliphatic rings. The molecule has 6 nitrogen and oxygen atoms in total. The van der Waals surface area contributed by atoms with Gasteiger partial charge in [0.2, 0.25) is 0 Å². The fourth-order valence-corrected chi connectivity index (χ4v) is 2.04. The predicted molar refractivity (Wildman–Crippen MR) is 60.2 cm³/mol. The second kappa shape index (κ2) is 3.99. The lowest BCUT2D eigenvalue weighted by molar-refractivity contribution is -0.142. The lowest BCUT2D eigenvalue weighted by Crippen LogP contribution is -2.46. The van der Waals surface area contributed by atoms with E-state index in [2.05, 4.69) is 5.32 Å². The first-order valence-electron chi connectivity index (χ1n) is 5.20. The van der Waals surface area contributed by atoms with Crippen LogP contribution in [0, 0.1) is 0 Å². The van der Waals surface area contributed by atoms with Gasteiger partial charge in [-0.15, -0.1) is 0 Å². The quantitative estimate of drug-likeness (QED) is 0.481. The summed E-state index contributed by atoms with van der Waals surface area (Å²) in [6.07, 6.45) is -1.52. The molecule has 0 bridgehead atoms. The molecule has 6 heteroatoms. The summed E-state index contributed by atoms with van der Waals surface area (Å²) in [4.78, 5) is 10.7. The molecule has 2 rings (SSSR count). The summed E-state index contributed by atoms with van der Waals surface area (Å²) >= 11 is 0.